The summed E-state index contributed by atoms with van der Waals surface area (Å²) >= 11 is 0. The Balaban J connectivity index is 1.15. The molecule has 1 saturated carbocycles. The molecule has 1 aliphatic carbocycles. The van der Waals surface area contributed by atoms with Crippen LogP contribution in [-0.2, 0) is 11.3 Å². The lowest BCUT2D eigenvalue weighted by Gasteiger charge is -2.63. The third kappa shape index (κ3) is 6.01. The van der Waals surface area contributed by atoms with Gasteiger partial charge in [0.15, 0.2) is 0 Å². The number of nitrogens with zero attached hydrogens (tertiary/aromatic N) is 3. The van der Waals surface area contributed by atoms with E-state index in [0.717, 1.165) is 51.6 Å². The Hall–Kier alpha value is -2.57. The summed E-state index contributed by atoms with van der Waals surface area (Å²) in [5.74, 6) is 2.72. The average molecular weight is 560 g/mol. The van der Waals surface area contributed by atoms with Crippen molar-refractivity contribution in [2.75, 3.05) is 46.4 Å². The number of rotatable bonds is 7. The summed E-state index contributed by atoms with van der Waals surface area (Å²) in [6.07, 6.45) is 3.58. The smallest absolute Gasteiger partial charge is 0.410 e. The second-order valence-electron chi connectivity index (χ2n) is 14.6. The average Bonchev–Trinajstić information content (AvgIpc) is 3.72. The highest BCUT2D eigenvalue weighted by Crippen LogP contribution is 2.47. The summed E-state index contributed by atoms with van der Waals surface area (Å²) in [6, 6.07) is 16.6. The maximum atomic E-state index is 12.5. The van der Waals surface area contributed by atoms with Crippen molar-refractivity contribution in [1.29, 1.82) is 0 Å². The number of hydrogen-bond donors (Lipinski definition) is 0. The molecule has 0 aromatic heterocycles. The lowest BCUT2D eigenvalue weighted by Crippen LogP contribution is -2.75. The van der Waals surface area contributed by atoms with Gasteiger partial charge in [0.1, 0.15) is 11.4 Å². The van der Waals surface area contributed by atoms with Crippen LogP contribution in [0.2, 0.25) is 0 Å². The highest BCUT2D eigenvalue weighted by atomic mass is 16.6. The predicted octanol–water partition coefficient (Wildman–Crippen LogP) is 6.61. The van der Waals surface area contributed by atoms with E-state index in [4.69, 9.17) is 9.47 Å². The zero-order chi connectivity index (χ0) is 28.9. The van der Waals surface area contributed by atoms with Gasteiger partial charge in [0.2, 0.25) is 0 Å². The van der Waals surface area contributed by atoms with Crippen LogP contribution in [0.25, 0.3) is 0 Å². The van der Waals surface area contributed by atoms with Gasteiger partial charge in [-0.15, -0.1) is 0 Å². The molecule has 0 radical (unpaired) electrons. The first-order chi connectivity index (χ1) is 19.5. The molecule has 0 bridgehead atoms. The largest absolute Gasteiger partial charge is 0.496 e. The molecule has 4 fully saturated rings. The van der Waals surface area contributed by atoms with Gasteiger partial charge in [0, 0.05) is 63.2 Å². The highest BCUT2D eigenvalue weighted by molar-refractivity contribution is 5.69. The van der Waals surface area contributed by atoms with Gasteiger partial charge >= 0.3 is 6.09 Å². The van der Waals surface area contributed by atoms with Crippen molar-refractivity contribution in [1.82, 2.24) is 14.7 Å². The van der Waals surface area contributed by atoms with E-state index in [2.05, 4.69) is 66.1 Å². The van der Waals surface area contributed by atoms with Crippen LogP contribution in [-0.4, -0.2) is 78.8 Å². The number of likely N-dealkylation sites (tertiary alicyclic amines) is 3. The molecule has 6 heteroatoms. The minimum atomic E-state index is -0.444. The summed E-state index contributed by atoms with van der Waals surface area (Å²) in [5, 5.41) is 0. The van der Waals surface area contributed by atoms with Gasteiger partial charge in [-0.25, -0.2) is 4.79 Å². The summed E-state index contributed by atoms with van der Waals surface area (Å²) in [5.41, 5.74) is 5.53. The van der Waals surface area contributed by atoms with E-state index in [1.54, 1.807) is 0 Å². The Morgan fingerprint density at radius 2 is 1.73 bits per heavy atom. The van der Waals surface area contributed by atoms with Crippen LogP contribution >= 0.6 is 0 Å². The number of piperidine rings is 1. The van der Waals surface area contributed by atoms with Gasteiger partial charge in [-0.1, -0.05) is 50.2 Å². The van der Waals surface area contributed by atoms with Crippen molar-refractivity contribution in [2.45, 2.75) is 89.8 Å². The summed E-state index contributed by atoms with van der Waals surface area (Å²) in [4.78, 5) is 19.8. The third-order valence-electron chi connectivity index (χ3n) is 9.65. The number of methoxy groups -OCH3 is 1. The molecule has 6 rings (SSSR count). The molecule has 3 saturated heterocycles. The van der Waals surface area contributed by atoms with E-state index in [1.165, 1.54) is 41.5 Å². The van der Waals surface area contributed by atoms with Crippen molar-refractivity contribution >= 4 is 6.09 Å². The maximum Gasteiger partial charge on any atom is 0.410 e. The SMILES string of the molecule is COc1cc(CN2CCC(N3CC4(CN(C(=O)OC(C)(C)C)C4)C3)C(c3ccccc3C(C)C)C2)ccc1C1CC1. The zero-order valence-corrected chi connectivity index (χ0v) is 26.0. The van der Waals surface area contributed by atoms with Gasteiger partial charge in [-0.05, 0) is 80.2 Å². The Kier molecular flexibility index (Phi) is 7.61. The number of hydrogen-bond acceptors (Lipinski definition) is 5. The molecule has 4 aliphatic rings. The van der Waals surface area contributed by atoms with Crippen molar-refractivity contribution in [3.8, 4) is 5.75 Å². The standard InChI is InChI=1S/C35H49N3O3/c1-24(2)27-9-7-8-10-29(27)30-19-36(18-25-11-14-28(26-12-13-26)32(17-25)40-6)16-15-31(30)37-20-35(21-37)22-38(23-35)33(39)41-34(3,4)5/h7-11,14,17,24,26,30-31H,12-13,15-16,18-23H2,1-6H3. The molecular formula is C35H49N3O3. The first kappa shape index (κ1) is 28.5. The molecule has 2 atom stereocenters. The van der Waals surface area contributed by atoms with Crippen LogP contribution in [0.1, 0.15) is 93.9 Å². The van der Waals surface area contributed by atoms with Crippen LogP contribution in [0.3, 0.4) is 0 Å². The predicted molar refractivity (Wildman–Crippen MR) is 164 cm³/mol. The lowest BCUT2D eigenvalue weighted by atomic mass is 9.70. The van der Waals surface area contributed by atoms with E-state index in [-0.39, 0.29) is 11.5 Å². The first-order valence-corrected chi connectivity index (χ1v) is 15.7. The number of carbonyl (C=O) groups is 1. The Labute approximate surface area is 247 Å². The molecule has 1 spiro atoms. The fourth-order valence-electron chi connectivity index (χ4n) is 7.58. The van der Waals surface area contributed by atoms with Gasteiger partial charge in [0.25, 0.3) is 0 Å². The van der Waals surface area contributed by atoms with Crippen molar-refractivity contribution in [3.63, 3.8) is 0 Å². The Morgan fingerprint density at radius 1 is 1.00 bits per heavy atom. The van der Waals surface area contributed by atoms with Gasteiger partial charge in [-0.2, -0.15) is 0 Å². The minimum Gasteiger partial charge on any atom is -0.496 e. The zero-order valence-electron chi connectivity index (χ0n) is 26.0. The van der Waals surface area contributed by atoms with E-state index in [9.17, 15) is 4.79 Å². The third-order valence-corrected chi connectivity index (χ3v) is 9.65. The van der Waals surface area contributed by atoms with Crippen LogP contribution in [0.4, 0.5) is 4.79 Å². The fourth-order valence-corrected chi connectivity index (χ4v) is 7.58. The van der Waals surface area contributed by atoms with Crippen molar-refractivity contribution < 1.29 is 14.3 Å². The highest BCUT2D eigenvalue weighted by Gasteiger charge is 2.56. The molecule has 41 heavy (non-hydrogen) atoms. The molecule has 3 aliphatic heterocycles. The Bertz CT molecular complexity index is 1250. The molecule has 2 aromatic carbocycles. The number of benzene rings is 2. The van der Waals surface area contributed by atoms with E-state index in [0.29, 0.717) is 23.8 Å². The summed E-state index contributed by atoms with van der Waals surface area (Å²) in [7, 11) is 1.81. The number of amides is 1. The van der Waals surface area contributed by atoms with Crippen molar-refractivity contribution in [2.24, 2.45) is 5.41 Å². The normalized spacial score (nSPS) is 24.7. The molecule has 6 nitrogen and oxygen atoms in total. The van der Waals surface area contributed by atoms with Crippen LogP contribution in [0, 0.1) is 5.41 Å². The number of carbonyl (C=O) groups excluding carboxylic acids is 1. The van der Waals surface area contributed by atoms with Gasteiger partial charge < -0.3 is 14.4 Å². The molecule has 2 unspecified atom stereocenters. The molecule has 222 valence electrons. The second-order valence-corrected chi connectivity index (χ2v) is 14.6. The number of ether oxygens (including phenoxy) is 2. The molecule has 2 aromatic rings. The summed E-state index contributed by atoms with van der Waals surface area (Å²) in [6.45, 7) is 17.4. The van der Waals surface area contributed by atoms with Crippen LogP contribution < -0.4 is 4.74 Å². The first-order valence-electron chi connectivity index (χ1n) is 15.7. The van der Waals surface area contributed by atoms with Crippen LogP contribution in [0.15, 0.2) is 42.5 Å². The Morgan fingerprint density at radius 3 is 2.39 bits per heavy atom. The fraction of sp³-hybridized carbons (Fsp3) is 0.629. The second kappa shape index (κ2) is 10.9. The van der Waals surface area contributed by atoms with E-state index in [1.807, 2.05) is 32.8 Å². The molecular weight excluding hydrogens is 510 g/mol. The topological polar surface area (TPSA) is 45.2 Å². The lowest BCUT2D eigenvalue weighted by molar-refractivity contribution is -0.135. The molecule has 3 heterocycles. The van der Waals surface area contributed by atoms with Crippen molar-refractivity contribution in [3.05, 3.63) is 64.7 Å². The minimum absolute atomic E-state index is 0.166. The molecule has 0 N–H and O–H groups in total. The molecule has 1 amide bonds. The monoisotopic (exact) mass is 559 g/mol. The quantitative estimate of drug-likeness (QED) is 0.382. The van der Waals surface area contributed by atoms with Gasteiger partial charge in [0.05, 0.1) is 7.11 Å². The van der Waals surface area contributed by atoms with E-state index < -0.39 is 5.60 Å². The maximum absolute atomic E-state index is 12.5. The van der Waals surface area contributed by atoms with E-state index >= 15 is 0 Å². The summed E-state index contributed by atoms with van der Waals surface area (Å²) < 4.78 is 11.4. The van der Waals surface area contributed by atoms with Crippen LogP contribution in [0.5, 0.6) is 5.75 Å². The van der Waals surface area contributed by atoms with Gasteiger partial charge in [-0.3, -0.25) is 9.80 Å².